The highest BCUT2D eigenvalue weighted by atomic mass is 32.2. The molecule has 1 aromatic heterocycles. The average molecular weight is 338 g/mol. The maximum Gasteiger partial charge on any atom is 0.152 e. The van der Waals surface area contributed by atoms with Crippen molar-refractivity contribution in [2.24, 2.45) is 0 Å². The first-order valence-electron chi connectivity index (χ1n) is 8.63. The second-order valence-corrected chi connectivity index (χ2v) is 8.71. The number of aromatic nitrogens is 2. The molecule has 0 radical (unpaired) electrons. The monoisotopic (exact) mass is 338 g/mol. The Balaban J connectivity index is 1.80. The lowest BCUT2D eigenvalue weighted by Gasteiger charge is -2.29. The van der Waals surface area contributed by atoms with E-state index in [2.05, 4.69) is 26.7 Å². The van der Waals surface area contributed by atoms with E-state index in [0.29, 0.717) is 6.42 Å². The lowest BCUT2D eigenvalue weighted by atomic mass is 10.2. The van der Waals surface area contributed by atoms with Crippen LogP contribution in [0.5, 0.6) is 0 Å². The van der Waals surface area contributed by atoms with Crippen molar-refractivity contribution in [1.82, 2.24) is 9.97 Å². The number of rotatable bonds is 4. The van der Waals surface area contributed by atoms with Crippen LogP contribution >= 0.6 is 0 Å². The summed E-state index contributed by atoms with van der Waals surface area (Å²) in [4.78, 5) is 13.3. The summed E-state index contributed by atoms with van der Waals surface area (Å²) in [5.74, 6) is 2.35. The van der Waals surface area contributed by atoms with Gasteiger partial charge >= 0.3 is 0 Å². The van der Waals surface area contributed by atoms with Crippen LogP contribution in [0.15, 0.2) is 12.4 Å². The molecular formula is C16H26N4O2S. The Morgan fingerprint density at radius 1 is 1.22 bits per heavy atom. The Bertz CT molecular complexity index is 627. The molecule has 0 bridgehead atoms. The third-order valence-corrected chi connectivity index (χ3v) is 6.60. The smallest absolute Gasteiger partial charge is 0.152 e. The molecule has 2 saturated heterocycles. The molecule has 7 heteroatoms. The minimum Gasteiger partial charge on any atom is -0.356 e. The molecule has 1 atom stereocenters. The van der Waals surface area contributed by atoms with Gasteiger partial charge in [0.2, 0.25) is 0 Å². The highest BCUT2D eigenvalue weighted by Crippen LogP contribution is 2.25. The van der Waals surface area contributed by atoms with Gasteiger partial charge in [-0.1, -0.05) is 12.8 Å². The molecule has 23 heavy (non-hydrogen) atoms. The van der Waals surface area contributed by atoms with E-state index in [4.69, 9.17) is 0 Å². The zero-order valence-electron chi connectivity index (χ0n) is 13.8. The van der Waals surface area contributed by atoms with Gasteiger partial charge in [-0.05, 0) is 26.2 Å². The molecule has 3 heterocycles. The third-order valence-electron chi connectivity index (χ3n) is 4.85. The Labute approximate surface area is 138 Å². The van der Waals surface area contributed by atoms with Gasteiger partial charge in [0, 0.05) is 31.7 Å². The molecule has 0 aliphatic carbocycles. The summed E-state index contributed by atoms with van der Waals surface area (Å²) in [6.07, 6.45) is 7.29. The Kier molecular flexibility index (Phi) is 5.04. The number of hydrogen-bond donors (Lipinski definition) is 0. The normalized spacial score (nSPS) is 24.4. The van der Waals surface area contributed by atoms with Crippen molar-refractivity contribution in [2.45, 2.75) is 45.1 Å². The van der Waals surface area contributed by atoms with Crippen molar-refractivity contribution in [1.29, 1.82) is 0 Å². The van der Waals surface area contributed by atoms with E-state index in [1.165, 1.54) is 25.7 Å². The third kappa shape index (κ3) is 3.94. The van der Waals surface area contributed by atoms with Crippen LogP contribution in [0.4, 0.5) is 11.6 Å². The van der Waals surface area contributed by atoms with Crippen molar-refractivity contribution in [3.05, 3.63) is 12.4 Å². The number of hydrogen-bond acceptors (Lipinski definition) is 6. The van der Waals surface area contributed by atoms with Gasteiger partial charge in [0.25, 0.3) is 0 Å². The van der Waals surface area contributed by atoms with E-state index in [9.17, 15) is 8.42 Å². The van der Waals surface area contributed by atoms with Crippen molar-refractivity contribution in [2.75, 3.05) is 40.9 Å². The Hall–Kier alpha value is -1.37. The molecule has 0 aromatic carbocycles. The topological polar surface area (TPSA) is 66.4 Å². The highest BCUT2D eigenvalue weighted by molar-refractivity contribution is 7.91. The summed E-state index contributed by atoms with van der Waals surface area (Å²) in [7, 11) is -2.89. The summed E-state index contributed by atoms with van der Waals surface area (Å²) in [6.45, 7) is 4.90. The van der Waals surface area contributed by atoms with Crippen LogP contribution < -0.4 is 9.80 Å². The highest BCUT2D eigenvalue weighted by Gasteiger charge is 2.32. The molecule has 1 unspecified atom stereocenters. The summed E-state index contributed by atoms with van der Waals surface area (Å²) < 4.78 is 23.6. The van der Waals surface area contributed by atoms with Crippen molar-refractivity contribution in [3.8, 4) is 0 Å². The molecule has 1 aromatic rings. The molecule has 6 nitrogen and oxygen atoms in total. The van der Waals surface area contributed by atoms with Crippen LogP contribution in [-0.4, -0.2) is 55.6 Å². The number of sulfone groups is 1. The van der Waals surface area contributed by atoms with Crippen molar-refractivity contribution < 1.29 is 8.42 Å². The van der Waals surface area contributed by atoms with Gasteiger partial charge in [-0.25, -0.2) is 18.4 Å². The SMILES string of the molecule is CCN(c1cc(N2CCCCCC2)ncn1)C1CCS(=O)(=O)C1. The molecule has 2 fully saturated rings. The molecule has 0 saturated carbocycles. The predicted molar refractivity (Wildman–Crippen MR) is 92.8 cm³/mol. The molecule has 0 amide bonds. The second kappa shape index (κ2) is 7.03. The van der Waals surface area contributed by atoms with Gasteiger partial charge in [-0.2, -0.15) is 0 Å². The first-order chi connectivity index (χ1) is 11.1. The van der Waals surface area contributed by atoms with E-state index < -0.39 is 9.84 Å². The van der Waals surface area contributed by atoms with Crippen LogP contribution in [0.2, 0.25) is 0 Å². The zero-order valence-corrected chi connectivity index (χ0v) is 14.6. The van der Waals surface area contributed by atoms with E-state index in [0.717, 1.165) is 31.3 Å². The van der Waals surface area contributed by atoms with Gasteiger partial charge in [0.05, 0.1) is 11.5 Å². The average Bonchev–Trinajstić information content (AvgIpc) is 2.76. The summed E-state index contributed by atoms with van der Waals surface area (Å²) in [5, 5.41) is 0. The van der Waals surface area contributed by atoms with Gasteiger partial charge < -0.3 is 9.80 Å². The van der Waals surface area contributed by atoms with Crippen molar-refractivity contribution >= 4 is 21.5 Å². The van der Waals surface area contributed by atoms with Crippen LogP contribution in [0.3, 0.4) is 0 Å². The van der Waals surface area contributed by atoms with Crippen LogP contribution in [0.1, 0.15) is 39.0 Å². The zero-order chi connectivity index (χ0) is 16.3. The fourth-order valence-corrected chi connectivity index (χ4v) is 5.33. The standard InChI is InChI=1S/C16H26N4O2S/c1-2-20(14-7-10-23(21,22)12-14)16-11-15(17-13-18-16)19-8-5-3-4-6-9-19/h11,13-14H,2-10,12H2,1H3. The molecule has 2 aliphatic heterocycles. The summed E-state index contributed by atoms with van der Waals surface area (Å²) in [6, 6.07) is 2.07. The lowest BCUT2D eigenvalue weighted by Crippen LogP contribution is -2.37. The fourth-order valence-electron chi connectivity index (χ4n) is 3.60. The van der Waals surface area contributed by atoms with Gasteiger partial charge in [-0.15, -0.1) is 0 Å². The first kappa shape index (κ1) is 16.5. The summed E-state index contributed by atoms with van der Waals surface area (Å²) in [5.41, 5.74) is 0. The van der Waals surface area contributed by atoms with Crippen LogP contribution in [-0.2, 0) is 9.84 Å². The summed E-state index contributed by atoms with van der Waals surface area (Å²) >= 11 is 0. The fraction of sp³-hybridized carbons (Fsp3) is 0.750. The van der Waals surface area contributed by atoms with E-state index in [-0.39, 0.29) is 17.5 Å². The first-order valence-corrected chi connectivity index (χ1v) is 10.5. The second-order valence-electron chi connectivity index (χ2n) is 6.48. The Morgan fingerprint density at radius 2 is 1.96 bits per heavy atom. The quantitative estimate of drug-likeness (QED) is 0.835. The van der Waals surface area contributed by atoms with Gasteiger partial charge in [0.15, 0.2) is 9.84 Å². The van der Waals surface area contributed by atoms with E-state index >= 15 is 0 Å². The molecular weight excluding hydrogens is 312 g/mol. The molecule has 0 spiro atoms. The van der Waals surface area contributed by atoms with Gasteiger partial charge in [-0.3, -0.25) is 0 Å². The number of nitrogens with zero attached hydrogens (tertiary/aromatic N) is 4. The maximum atomic E-state index is 11.8. The number of anilines is 2. The molecule has 0 N–H and O–H groups in total. The maximum absolute atomic E-state index is 11.8. The van der Waals surface area contributed by atoms with Gasteiger partial charge in [0.1, 0.15) is 18.0 Å². The van der Waals surface area contributed by atoms with E-state index in [1.54, 1.807) is 6.33 Å². The van der Waals surface area contributed by atoms with Crippen molar-refractivity contribution in [3.63, 3.8) is 0 Å². The van der Waals surface area contributed by atoms with Crippen LogP contribution in [0.25, 0.3) is 0 Å². The minimum absolute atomic E-state index is 0.0388. The molecule has 3 rings (SSSR count). The molecule has 2 aliphatic rings. The Morgan fingerprint density at radius 3 is 2.57 bits per heavy atom. The van der Waals surface area contributed by atoms with Crippen LogP contribution in [0, 0.1) is 0 Å². The minimum atomic E-state index is -2.89. The largest absolute Gasteiger partial charge is 0.356 e. The predicted octanol–water partition coefficient (Wildman–Crippen LogP) is 1.87. The lowest BCUT2D eigenvalue weighted by molar-refractivity contribution is 0.599. The van der Waals surface area contributed by atoms with E-state index in [1.807, 2.05) is 6.07 Å². The molecule has 128 valence electrons.